The molecule has 3 rings (SSSR count). The Bertz CT molecular complexity index is 883. The zero-order chi connectivity index (χ0) is 18.8. The summed E-state index contributed by atoms with van der Waals surface area (Å²) >= 11 is 7.04. The van der Waals surface area contributed by atoms with Crippen molar-refractivity contribution < 1.29 is 14.3 Å². The molecule has 7 heteroatoms. The van der Waals surface area contributed by atoms with E-state index >= 15 is 0 Å². The van der Waals surface area contributed by atoms with Crippen molar-refractivity contribution in [2.75, 3.05) is 14.2 Å². The van der Waals surface area contributed by atoms with Crippen molar-refractivity contribution in [1.82, 2.24) is 5.01 Å². The minimum Gasteiger partial charge on any atom is -0.493 e. The lowest BCUT2D eigenvalue weighted by atomic mass is 9.98. The van der Waals surface area contributed by atoms with Crippen LogP contribution in [0.4, 0.5) is 0 Å². The van der Waals surface area contributed by atoms with Gasteiger partial charge in [0, 0.05) is 27.9 Å². The van der Waals surface area contributed by atoms with Gasteiger partial charge in [-0.1, -0.05) is 44.0 Å². The Morgan fingerprint density at radius 2 is 1.85 bits per heavy atom. The van der Waals surface area contributed by atoms with Gasteiger partial charge in [0.15, 0.2) is 11.5 Å². The molecule has 0 unspecified atom stereocenters. The molecule has 0 aromatic heterocycles. The Kier molecular flexibility index (Phi) is 5.67. The van der Waals surface area contributed by atoms with Crippen LogP contribution in [0.2, 0.25) is 0 Å². The van der Waals surface area contributed by atoms with E-state index in [2.05, 4.69) is 37.0 Å². The van der Waals surface area contributed by atoms with Crippen molar-refractivity contribution >= 4 is 43.5 Å². The molecule has 136 valence electrons. The van der Waals surface area contributed by atoms with Crippen LogP contribution in [0.25, 0.3) is 0 Å². The number of ether oxygens (including phenoxy) is 2. The summed E-state index contributed by atoms with van der Waals surface area (Å²) in [7, 11) is 3.20. The van der Waals surface area contributed by atoms with Gasteiger partial charge in [0.2, 0.25) is 5.91 Å². The molecule has 2 aromatic rings. The number of carbonyl (C=O) groups excluding carboxylic acids is 1. The molecule has 0 saturated carbocycles. The fraction of sp³-hybridized carbons (Fsp3) is 0.263. The fourth-order valence-corrected chi connectivity index (χ4v) is 4.28. The minimum absolute atomic E-state index is 0.104. The molecule has 0 spiro atoms. The lowest BCUT2D eigenvalue weighted by Crippen LogP contribution is -2.24. The minimum atomic E-state index is -0.183. The Morgan fingerprint density at radius 1 is 1.12 bits per heavy atom. The third kappa shape index (κ3) is 3.64. The molecule has 0 fully saturated rings. The maximum absolute atomic E-state index is 12.2. The zero-order valence-corrected chi connectivity index (χ0v) is 17.8. The summed E-state index contributed by atoms with van der Waals surface area (Å²) in [5.74, 6) is 1.18. The third-order valence-electron chi connectivity index (χ3n) is 4.27. The lowest BCUT2D eigenvalue weighted by molar-refractivity contribution is -0.130. The summed E-state index contributed by atoms with van der Waals surface area (Å²) in [5.41, 5.74) is 2.78. The van der Waals surface area contributed by atoms with Crippen molar-refractivity contribution in [3.05, 3.63) is 56.5 Å². The van der Waals surface area contributed by atoms with Gasteiger partial charge in [-0.3, -0.25) is 4.79 Å². The van der Waals surface area contributed by atoms with E-state index in [0.717, 1.165) is 25.8 Å². The molecule has 0 bridgehead atoms. The number of methoxy groups -OCH3 is 2. The number of nitrogens with zero attached hydrogens (tertiary/aromatic N) is 2. The number of amides is 1. The van der Waals surface area contributed by atoms with Crippen LogP contribution in [0.5, 0.6) is 11.5 Å². The van der Waals surface area contributed by atoms with Crippen LogP contribution in [0.1, 0.15) is 30.5 Å². The highest BCUT2D eigenvalue weighted by atomic mass is 79.9. The molecule has 26 heavy (non-hydrogen) atoms. The first-order valence-corrected chi connectivity index (χ1v) is 9.57. The Balaban J connectivity index is 1.98. The normalized spacial score (nSPS) is 16.4. The van der Waals surface area contributed by atoms with E-state index in [4.69, 9.17) is 9.47 Å². The Hall–Kier alpha value is -1.86. The molecule has 0 aliphatic carbocycles. The summed E-state index contributed by atoms with van der Waals surface area (Å²) in [6.07, 6.45) is 0.620. The highest BCUT2D eigenvalue weighted by Gasteiger charge is 2.32. The summed E-state index contributed by atoms with van der Waals surface area (Å²) in [6.45, 7) is 1.52. The highest BCUT2D eigenvalue weighted by Crippen LogP contribution is 2.38. The van der Waals surface area contributed by atoms with Gasteiger partial charge in [0.05, 0.1) is 26.0 Å². The van der Waals surface area contributed by atoms with Crippen molar-refractivity contribution in [2.24, 2.45) is 5.10 Å². The van der Waals surface area contributed by atoms with Crippen molar-refractivity contribution in [3.8, 4) is 11.5 Å². The van der Waals surface area contributed by atoms with Crippen molar-refractivity contribution in [2.45, 2.75) is 19.4 Å². The maximum Gasteiger partial charge on any atom is 0.240 e. The summed E-state index contributed by atoms with van der Waals surface area (Å²) in [5, 5.41) is 6.12. The Morgan fingerprint density at radius 3 is 2.46 bits per heavy atom. The van der Waals surface area contributed by atoms with E-state index in [1.807, 2.05) is 36.4 Å². The molecule has 0 N–H and O–H groups in total. The second kappa shape index (κ2) is 7.80. The SMILES string of the molecule is COc1ccc([C@H]2CC(c3ccc(Br)cc3Br)=NN2C(C)=O)cc1OC. The Labute approximate surface area is 169 Å². The molecule has 0 radical (unpaired) electrons. The molecule has 1 amide bonds. The lowest BCUT2D eigenvalue weighted by Gasteiger charge is -2.21. The summed E-state index contributed by atoms with van der Waals surface area (Å²) in [4.78, 5) is 12.2. The second-order valence-corrected chi connectivity index (χ2v) is 7.64. The van der Waals surface area contributed by atoms with Crippen LogP contribution in [0.3, 0.4) is 0 Å². The molecule has 1 aliphatic rings. The van der Waals surface area contributed by atoms with Gasteiger partial charge in [0.25, 0.3) is 0 Å². The van der Waals surface area contributed by atoms with E-state index in [1.54, 1.807) is 14.2 Å². The molecular formula is C19H18Br2N2O3. The average Bonchev–Trinajstić information content (AvgIpc) is 3.06. The van der Waals surface area contributed by atoms with Gasteiger partial charge in [-0.05, 0) is 29.8 Å². The van der Waals surface area contributed by atoms with Gasteiger partial charge in [-0.25, -0.2) is 5.01 Å². The standard InChI is InChI=1S/C19H18Br2N2O3/c1-11(24)23-17(12-4-7-18(25-2)19(8-12)26-3)10-16(22-23)14-6-5-13(20)9-15(14)21/h4-9,17H,10H2,1-3H3/t17-/m1/s1. The number of hydrogen-bond donors (Lipinski definition) is 0. The number of carbonyl (C=O) groups is 1. The first-order chi connectivity index (χ1) is 12.4. The van der Waals surface area contributed by atoms with Crippen LogP contribution in [-0.2, 0) is 4.79 Å². The van der Waals surface area contributed by atoms with E-state index in [0.29, 0.717) is 17.9 Å². The largest absolute Gasteiger partial charge is 0.493 e. The number of hydrazone groups is 1. The van der Waals surface area contributed by atoms with Crippen molar-refractivity contribution in [3.63, 3.8) is 0 Å². The van der Waals surface area contributed by atoms with E-state index in [9.17, 15) is 4.79 Å². The van der Waals surface area contributed by atoms with Crippen molar-refractivity contribution in [1.29, 1.82) is 0 Å². The van der Waals surface area contributed by atoms with Gasteiger partial charge in [-0.2, -0.15) is 5.10 Å². The first kappa shape index (κ1) is 18.9. The third-order valence-corrected chi connectivity index (χ3v) is 5.42. The highest BCUT2D eigenvalue weighted by molar-refractivity contribution is 9.11. The quantitative estimate of drug-likeness (QED) is 0.622. The predicted octanol–water partition coefficient (Wildman–Crippen LogP) is 4.93. The van der Waals surface area contributed by atoms with Gasteiger partial charge >= 0.3 is 0 Å². The van der Waals surface area contributed by atoms with Gasteiger partial charge < -0.3 is 9.47 Å². The second-order valence-electron chi connectivity index (χ2n) is 5.87. The average molecular weight is 482 g/mol. The smallest absolute Gasteiger partial charge is 0.240 e. The van der Waals surface area contributed by atoms with Crippen LogP contribution in [0, 0.1) is 0 Å². The van der Waals surface area contributed by atoms with Crippen LogP contribution in [0.15, 0.2) is 50.4 Å². The van der Waals surface area contributed by atoms with Crippen LogP contribution < -0.4 is 9.47 Å². The molecular weight excluding hydrogens is 464 g/mol. The summed E-state index contributed by atoms with van der Waals surface area (Å²) < 4.78 is 12.6. The molecule has 1 heterocycles. The molecule has 1 aliphatic heterocycles. The topological polar surface area (TPSA) is 51.1 Å². The van der Waals surface area contributed by atoms with Crippen LogP contribution >= 0.6 is 31.9 Å². The van der Waals surface area contributed by atoms with Crippen LogP contribution in [-0.4, -0.2) is 30.8 Å². The number of benzene rings is 2. The fourth-order valence-electron chi connectivity index (χ4n) is 3.01. The number of halogens is 2. The summed E-state index contributed by atoms with van der Waals surface area (Å²) in [6, 6.07) is 11.4. The predicted molar refractivity (Wildman–Crippen MR) is 108 cm³/mol. The first-order valence-electron chi connectivity index (χ1n) is 7.99. The van der Waals surface area contributed by atoms with Gasteiger partial charge in [-0.15, -0.1) is 0 Å². The van der Waals surface area contributed by atoms with E-state index < -0.39 is 0 Å². The van der Waals surface area contributed by atoms with E-state index in [1.165, 1.54) is 11.9 Å². The van der Waals surface area contributed by atoms with E-state index in [-0.39, 0.29) is 11.9 Å². The monoisotopic (exact) mass is 480 g/mol. The van der Waals surface area contributed by atoms with Gasteiger partial charge in [0.1, 0.15) is 0 Å². The molecule has 1 atom stereocenters. The maximum atomic E-state index is 12.2. The molecule has 2 aromatic carbocycles. The number of hydrogen-bond acceptors (Lipinski definition) is 4. The zero-order valence-electron chi connectivity index (χ0n) is 14.6. The number of rotatable bonds is 4. The molecule has 5 nitrogen and oxygen atoms in total. The molecule has 0 saturated heterocycles.